The van der Waals surface area contributed by atoms with Crippen molar-refractivity contribution in [3.8, 4) is 0 Å². The SMILES string of the molecule is CC1(C)CC(N(CCO)CCCC[PH](c2ccccc2)(c2ccccc2)c2ccccc2)CC(C)(C)N1. The van der Waals surface area contributed by atoms with Crippen LogP contribution in [0.2, 0.25) is 0 Å². The molecule has 3 aromatic carbocycles. The number of hydrogen-bond donors (Lipinski definition) is 2. The monoisotopic (exact) mass is 518 g/mol. The van der Waals surface area contributed by atoms with Gasteiger partial charge in [0.1, 0.15) is 0 Å². The van der Waals surface area contributed by atoms with Crippen molar-refractivity contribution in [2.24, 2.45) is 0 Å². The second-order valence-corrected chi connectivity index (χ2v) is 16.2. The van der Waals surface area contributed by atoms with Crippen molar-refractivity contribution in [3.05, 3.63) is 91.0 Å². The summed E-state index contributed by atoms with van der Waals surface area (Å²) in [6.07, 6.45) is 5.73. The van der Waals surface area contributed by atoms with Crippen LogP contribution in [0.3, 0.4) is 0 Å². The number of rotatable bonds is 11. The molecule has 37 heavy (non-hydrogen) atoms. The Morgan fingerprint density at radius 1 is 0.703 bits per heavy atom. The molecular formula is C33H47N2OP. The van der Waals surface area contributed by atoms with E-state index in [1.165, 1.54) is 28.5 Å². The Hall–Kier alpha value is -2.03. The van der Waals surface area contributed by atoms with E-state index in [0.29, 0.717) is 6.04 Å². The molecular weight excluding hydrogens is 471 g/mol. The average molecular weight is 519 g/mol. The zero-order valence-corrected chi connectivity index (χ0v) is 24.3. The van der Waals surface area contributed by atoms with Crippen molar-refractivity contribution < 1.29 is 5.11 Å². The molecule has 0 radical (unpaired) electrons. The van der Waals surface area contributed by atoms with Crippen LogP contribution >= 0.6 is 7.26 Å². The maximum absolute atomic E-state index is 9.91. The number of piperidine rings is 1. The Kier molecular flexibility index (Phi) is 9.24. The van der Waals surface area contributed by atoms with E-state index in [1.807, 2.05) is 0 Å². The predicted octanol–water partition coefficient (Wildman–Crippen LogP) is 5.10. The van der Waals surface area contributed by atoms with Gasteiger partial charge in [0.05, 0.1) is 0 Å². The van der Waals surface area contributed by atoms with Gasteiger partial charge in [-0.3, -0.25) is 0 Å². The fourth-order valence-corrected chi connectivity index (χ4v) is 11.9. The summed E-state index contributed by atoms with van der Waals surface area (Å²) in [6, 6.07) is 34.2. The minimum absolute atomic E-state index is 0.107. The molecule has 0 unspecified atom stereocenters. The molecule has 0 amide bonds. The number of hydrogen-bond acceptors (Lipinski definition) is 3. The summed E-state index contributed by atoms with van der Waals surface area (Å²) in [7, 11) is -2.18. The standard InChI is InChI=1S/C33H47N2OP/c1-32(2)26-28(27-33(3,4)34-32)35(23-24-36)22-14-15-25-37(29-16-8-5-9-17-29,30-18-10-6-11-19-30)31-20-12-7-13-21-31/h5-13,16-21,28,34,36-37H,14-15,22-27H2,1-4H3. The quantitative estimate of drug-likeness (QED) is 0.274. The van der Waals surface area contributed by atoms with Crippen molar-refractivity contribution in [1.82, 2.24) is 10.2 Å². The Balaban J connectivity index is 1.57. The van der Waals surface area contributed by atoms with E-state index in [9.17, 15) is 5.11 Å². The molecule has 0 aromatic heterocycles. The predicted molar refractivity (Wildman–Crippen MR) is 164 cm³/mol. The number of aliphatic hydroxyl groups excluding tert-OH is 1. The van der Waals surface area contributed by atoms with Gasteiger partial charge in [-0.1, -0.05) is 0 Å². The molecule has 1 saturated heterocycles. The number of nitrogens with zero attached hydrogens (tertiary/aromatic N) is 1. The Labute approximate surface area is 225 Å². The molecule has 0 aliphatic carbocycles. The first-order chi connectivity index (χ1) is 17.8. The molecule has 1 aliphatic rings. The molecule has 4 heteroatoms. The van der Waals surface area contributed by atoms with E-state index in [4.69, 9.17) is 0 Å². The fourth-order valence-electron chi connectivity index (χ4n) is 6.94. The molecule has 2 N–H and O–H groups in total. The first kappa shape index (κ1) is 28.0. The van der Waals surface area contributed by atoms with Crippen molar-refractivity contribution >= 4 is 23.2 Å². The van der Waals surface area contributed by atoms with E-state index in [0.717, 1.165) is 32.4 Å². The molecule has 0 atom stereocenters. The molecule has 0 bridgehead atoms. The second kappa shape index (κ2) is 12.2. The van der Waals surface area contributed by atoms with Crippen LogP contribution in [-0.4, -0.2) is 53.0 Å². The van der Waals surface area contributed by atoms with E-state index in [2.05, 4.69) is 129 Å². The summed E-state index contributed by atoms with van der Waals surface area (Å²) in [4.78, 5) is 2.57. The van der Waals surface area contributed by atoms with Gasteiger partial charge in [0.2, 0.25) is 0 Å². The normalized spacial score (nSPS) is 18.1. The van der Waals surface area contributed by atoms with Crippen molar-refractivity contribution in [2.45, 2.75) is 70.5 Å². The van der Waals surface area contributed by atoms with Crippen LogP contribution in [0.4, 0.5) is 0 Å². The molecule has 0 spiro atoms. The first-order valence-electron chi connectivity index (χ1n) is 14.1. The van der Waals surface area contributed by atoms with Gasteiger partial charge in [0, 0.05) is 0 Å². The minimum atomic E-state index is -2.18. The molecule has 3 aromatic rings. The molecule has 200 valence electrons. The van der Waals surface area contributed by atoms with Crippen molar-refractivity contribution in [2.75, 3.05) is 25.9 Å². The molecule has 4 rings (SSSR count). The summed E-state index contributed by atoms with van der Waals surface area (Å²) in [5, 5.41) is 18.2. The zero-order valence-electron chi connectivity index (χ0n) is 23.3. The van der Waals surface area contributed by atoms with Crippen LogP contribution in [0.25, 0.3) is 0 Å². The number of unbranched alkanes of at least 4 members (excludes halogenated alkanes) is 1. The van der Waals surface area contributed by atoms with Crippen molar-refractivity contribution in [3.63, 3.8) is 0 Å². The maximum atomic E-state index is 9.91. The summed E-state index contributed by atoms with van der Waals surface area (Å²) in [5.41, 5.74) is 0.215. The van der Waals surface area contributed by atoms with Gasteiger partial charge in [-0.05, 0) is 0 Å². The van der Waals surface area contributed by atoms with Gasteiger partial charge < -0.3 is 0 Å². The van der Waals surface area contributed by atoms with Crippen LogP contribution in [-0.2, 0) is 0 Å². The summed E-state index contributed by atoms with van der Waals surface area (Å²) >= 11 is 0. The van der Waals surface area contributed by atoms with E-state index in [1.54, 1.807) is 0 Å². The molecule has 0 saturated carbocycles. The van der Waals surface area contributed by atoms with Crippen LogP contribution < -0.4 is 21.2 Å². The summed E-state index contributed by atoms with van der Waals surface area (Å²) in [6.45, 7) is 11.3. The second-order valence-electron chi connectivity index (χ2n) is 12.2. The Morgan fingerprint density at radius 2 is 1.14 bits per heavy atom. The molecule has 1 aliphatic heterocycles. The van der Waals surface area contributed by atoms with Crippen LogP contribution in [0.15, 0.2) is 91.0 Å². The van der Waals surface area contributed by atoms with Gasteiger partial charge in [-0.25, -0.2) is 0 Å². The van der Waals surface area contributed by atoms with E-state index in [-0.39, 0.29) is 17.7 Å². The van der Waals surface area contributed by atoms with Crippen LogP contribution in [0, 0.1) is 0 Å². The Morgan fingerprint density at radius 3 is 1.54 bits per heavy atom. The third-order valence-corrected chi connectivity index (χ3v) is 13.2. The van der Waals surface area contributed by atoms with Gasteiger partial charge in [0.25, 0.3) is 0 Å². The fraction of sp³-hybridized carbons (Fsp3) is 0.455. The van der Waals surface area contributed by atoms with E-state index >= 15 is 0 Å². The van der Waals surface area contributed by atoms with Crippen LogP contribution in [0.5, 0.6) is 0 Å². The average Bonchev–Trinajstić information content (AvgIpc) is 2.88. The molecule has 1 heterocycles. The molecule has 3 nitrogen and oxygen atoms in total. The number of nitrogens with one attached hydrogen (secondary N) is 1. The van der Waals surface area contributed by atoms with E-state index < -0.39 is 7.26 Å². The number of aliphatic hydroxyl groups is 1. The van der Waals surface area contributed by atoms with Gasteiger partial charge >= 0.3 is 226 Å². The zero-order chi connectivity index (χ0) is 26.4. The Bertz CT molecular complexity index is 972. The summed E-state index contributed by atoms with van der Waals surface area (Å²) < 4.78 is 0. The first-order valence-corrected chi connectivity index (χ1v) is 16.3. The van der Waals surface area contributed by atoms with Gasteiger partial charge in [-0.2, -0.15) is 0 Å². The molecule has 1 fully saturated rings. The van der Waals surface area contributed by atoms with Crippen LogP contribution in [0.1, 0.15) is 53.4 Å². The third-order valence-electron chi connectivity index (χ3n) is 8.12. The van der Waals surface area contributed by atoms with Crippen molar-refractivity contribution in [1.29, 1.82) is 0 Å². The topological polar surface area (TPSA) is 35.5 Å². The third kappa shape index (κ3) is 6.89. The summed E-state index contributed by atoms with van der Waals surface area (Å²) in [5.74, 6) is 0. The van der Waals surface area contributed by atoms with Gasteiger partial charge in [0.15, 0.2) is 0 Å². The number of benzene rings is 3. The van der Waals surface area contributed by atoms with Gasteiger partial charge in [-0.15, -0.1) is 0 Å².